The molecule has 0 saturated carbocycles. The second-order valence-electron chi connectivity index (χ2n) is 4.41. The molecule has 2 heterocycles. The molecule has 0 atom stereocenters. The van der Waals surface area contributed by atoms with E-state index in [-0.39, 0.29) is 0 Å². The smallest absolute Gasteiger partial charge is 0.295 e. The van der Waals surface area contributed by atoms with Gasteiger partial charge in [-0.05, 0) is 30.9 Å². The third-order valence-electron chi connectivity index (χ3n) is 3.06. The minimum Gasteiger partial charge on any atom is -0.336 e. The second-order valence-corrected chi connectivity index (χ2v) is 6.12. The molecule has 3 nitrogen and oxygen atoms in total. The van der Waals surface area contributed by atoms with Gasteiger partial charge >= 0.3 is 0 Å². The van der Waals surface area contributed by atoms with Gasteiger partial charge in [-0.15, -0.1) is 11.3 Å². The monoisotopic (exact) mass is 271 g/mol. The molecule has 1 fully saturated rings. The zero-order valence-electron chi connectivity index (χ0n) is 9.61. The maximum Gasteiger partial charge on any atom is 0.295 e. The SMILES string of the molecule is CC1CCN(C(=O)C(=O)c2ccc(Cl)s2)CC1. The lowest BCUT2D eigenvalue weighted by molar-refractivity contribution is -0.127. The van der Waals surface area contributed by atoms with Crippen molar-refractivity contribution in [1.82, 2.24) is 4.90 Å². The molecule has 0 aromatic carbocycles. The topological polar surface area (TPSA) is 37.4 Å². The standard InChI is InChI=1S/C12H14ClNO2S/c1-8-4-6-14(7-5-8)12(16)11(15)9-2-3-10(13)17-9/h2-3,8H,4-7H2,1H3. The van der Waals surface area contributed by atoms with E-state index in [2.05, 4.69) is 6.92 Å². The van der Waals surface area contributed by atoms with Crippen LogP contribution in [0.15, 0.2) is 12.1 Å². The largest absolute Gasteiger partial charge is 0.336 e. The van der Waals surface area contributed by atoms with Crippen molar-refractivity contribution in [3.05, 3.63) is 21.3 Å². The first kappa shape index (κ1) is 12.6. The van der Waals surface area contributed by atoms with E-state index >= 15 is 0 Å². The highest BCUT2D eigenvalue weighted by Crippen LogP contribution is 2.23. The van der Waals surface area contributed by atoms with Crippen molar-refractivity contribution in [2.45, 2.75) is 19.8 Å². The number of hydrogen-bond donors (Lipinski definition) is 0. The Morgan fingerprint density at radius 3 is 2.53 bits per heavy atom. The number of amides is 1. The molecule has 0 radical (unpaired) electrons. The lowest BCUT2D eigenvalue weighted by Gasteiger charge is -2.29. The lowest BCUT2D eigenvalue weighted by Crippen LogP contribution is -2.41. The Bertz CT molecular complexity index is 435. The fourth-order valence-corrected chi connectivity index (χ4v) is 2.87. The predicted octanol–water partition coefficient (Wildman–Crippen LogP) is 2.84. The summed E-state index contributed by atoms with van der Waals surface area (Å²) in [5.74, 6) is -0.183. The van der Waals surface area contributed by atoms with Crippen molar-refractivity contribution >= 4 is 34.6 Å². The van der Waals surface area contributed by atoms with E-state index in [4.69, 9.17) is 11.6 Å². The van der Waals surface area contributed by atoms with Crippen LogP contribution in [0.5, 0.6) is 0 Å². The lowest BCUT2D eigenvalue weighted by atomic mass is 9.99. The third-order valence-corrected chi connectivity index (χ3v) is 4.29. The Hall–Kier alpha value is -0.870. The number of ketones is 1. The van der Waals surface area contributed by atoms with E-state index in [1.54, 1.807) is 17.0 Å². The van der Waals surface area contributed by atoms with Crippen molar-refractivity contribution in [3.8, 4) is 0 Å². The minimum absolute atomic E-state index is 0.393. The number of thiophene rings is 1. The fraction of sp³-hybridized carbons (Fsp3) is 0.500. The predicted molar refractivity (Wildman–Crippen MR) is 68.6 cm³/mol. The van der Waals surface area contributed by atoms with Crippen LogP contribution >= 0.6 is 22.9 Å². The molecule has 2 rings (SSSR count). The Morgan fingerprint density at radius 1 is 1.35 bits per heavy atom. The molecule has 0 spiro atoms. The van der Waals surface area contributed by atoms with Gasteiger partial charge in [0.05, 0.1) is 9.21 Å². The van der Waals surface area contributed by atoms with Crippen LogP contribution in [0, 0.1) is 5.92 Å². The van der Waals surface area contributed by atoms with Crippen LogP contribution in [0.25, 0.3) is 0 Å². The maximum absolute atomic E-state index is 12.0. The number of likely N-dealkylation sites (tertiary alicyclic amines) is 1. The summed E-state index contributed by atoms with van der Waals surface area (Å²) in [5, 5.41) is 0. The number of nitrogens with zero attached hydrogens (tertiary/aromatic N) is 1. The summed E-state index contributed by atoms with van der Waals surface area (Å²) in [5.41, 5.74) is 0. The molecule has 0 N–H and O–H groups in total. The number of carbonyl (C=O) groups is 2. The zero-order chi connectivity index (χ0) is 12.4. The minimum atomic E-state index is -0.434. The van der Waals surface area contributed by atoms with Gasteiger partial charge in [-0.25, -0.2) is 0 Å². The van der Waals surface area contributed by atoms with E-state index in [0.717, 1.165) is 24.2 Å². The molecule has 1 aliphatic rings. The Balaban J connectivity index is 2.03. The molecule has 0 aliphatic carbocycles. The molecule has 5 heteroatoms. The summed E-state index contributed by atoms with van der Waals surface area (Å²) in [4.78, 5) is 25.9. The maximum atomic E-state index is 12.0. The number of piperidine rings is 1. The van der Waals surface area contributed by atoms with Gasteiger partial charge in [0.1, 0.15) is 0 Å². The number of hydrogen-bond acceptors (Lipinski definition) is 3. The van der Waals surface area contributed by atoms with Gasteiger partial charge < -0.3 is 4.90 Å². The first-order valence-corrected chi connectivity index (χ1v) is 6.86. The van der Waals surface area contributed by atoms with Crippen molar-refractivity contribution in [2.24, 2.45) is 5.92 Å². The normalized spacial score (nSPS) is 17.2. The molecular formula is C12H14ClNO2S. The second kappa shape index (κ2) is 5.19. The van der Waals surface area contributed by atoms with Crippen LogP contribution in [-0.4, -0.2) is 29.7 Å². The van der Waals surface area contributed by atoms with Crippen molar-refractivity contribution in [1.29, 1.82) is 0 Å². The zero-order valence-corrected chi connectivity index (χ0v) is 11.2. The average Bonchev–Trinajstić information content (AvgIpc) is 2.75. The van der Waals surface area contributed by atoms with Crippen molar-refractivity contribution in [3.63, 3.8) is 0 Å². The van der Waals surface area contributed by atoms with Gasteiger partial charge in [0.2, 0.25) is 0 Å². The van der Waals surface area contributed by atoms with E-state index in [1.807, 2.05) is 0 Å². The molecule has 1 saturated heterocycles. The molecule has 0 unspecified atom stereocenters. The van der Waals surface area contributed by atoms with Gasteiger partial charge in [0.15, 0.2) is 0 Å². The van der Waals surface area contributed by atoms with Gasteiger partial charge in [-0.2, -0.15) is 0 Å². The summed E-state index contributed by atoms with van der Waals surface area (Å²) in [6, 6.07) is 3.25. The van der Waals surface area contributed by atoms with Crippen LogP contribution in [0.4, 0.5) is 0 Å². The van der Waals surface area contributed by atoms with Gasteiger partial charge in [-0.3, -0.25) is 9.59 Å². The van der Waals surface area contributed by atoms with E-state index < -0.39 is 11.7 Å². The molecular weight excluding hydrogens is 258 g/mol. The molecule has 0 bridgehead atoms. The Kier molecular flexibility index (Phi) is 3.84. The van der Waals surface area contributed by atoms with Crippen molar-refractivity contribution < 1.29 is 9.59 Å². The first-order chi connectivity index (χ1) is 8.08. The summed E-state index contributed by atoms with van der Waals surface area (Å²) in [6.07, 6.45) is 1.95. The quantitative estimate of drug-likeness (QED) is 0.613. The highest BCUT2D eigenvalue weighted by molar-refractivity contribution is 7.18. The number of rotatable bonds is 2. The molecule has 1 aromatic heterocycles. The molecule has 17 heavy (non-hydrogen) atoms. The Labute approximate surface area is 109 Å². The summed E-state index contributed by atoms with van der Waals surface area (Å²) in [7, 11) is 0. The van der Waals surface area contributed by atoms with Crippen LogP contribution in [0.3, 0.4) is 0 Å². The number of halogens is 1. The van der Waals surface area contributed by atoms with Crippen LogP contribution in [0.2, 0.25) is 4.34 Å². The highest BCUT2D eigenvalue weighted by atomic mass is 35.5. The first-order valence-electron chi connectivity index (χ1n) is 5.67. The summed E-state index contributed by atoms with van der Waals surface area (Å²) < 4.78 is 0.536. The van der Waals surface area contributed by atoms with Crippen LogP contribution in [0.1, 0.15) is 29.4 Å². The van der Waals surface area contributed by atoms with Gasteiger partial charge in [0, 0.05) is 13.1 Å². The third kappa shape index (κ3) is 2.87. The van der Waals surface area contributed by atoms with Crippen LogP contribution < -0.4 is 0 Å². The summed E-state index contributed by atoms with van der Waals surface area (Å²) >= 11 is 6.91. The van der Waals surface area contributed by atoms with Crippen molar-refractivity contribution in [2.75, 3.05) is 13.1 Å². The fourth-order valence-electron chi connectivity index (χ4n) is 1.90. The Morgan fingerprint density at radius 2 is 2.00 bits per heavy atom. The summed E-state index contributed by atoms with van der Waals surface area (Å²) in [6.45, 7) is 3.54. The molecule has 92 valence electrons. The van der Waals surface area contributed by atoms with E-state index in [0.29, 0.717) is 28.2 Å². The van der Waals surface area contributed by atoms with Gasteiger partial charge in [-0.1, -0.05) is 18.5 Å². The molecule has 1 amide bonds. The van der Waals surface area contributed by atoms with Gasteiger partial charge in [0.25, 0.3) is 11.7 Å². The van der Waals surface area contributed by atoms with Crippen LogP contribution in [-0.2, 0) is 4.79 Å². The number of carbonyl (C=O) groups excluding carboxylic acids is 2. The molecule has 1 aromatic rings. The molecule has 1 aliphatic heterocycles. The average molecular weight is 272 g/mol. The van der Waals surface area contributed by atoms with E-state index in [1.165, 1.54) is 0 Å². The highest BCUT2D eigenvalue weighted by Gasteiger charge is 2.27. The van der Waals surface area contributed by atoms with E-state index in [9.17, 15) is 9.59 Å². The number of Topliss-reactive ketones (excluding diaryl/α,β-unsaturated/α-hetero) is 1.